The number of rotatable bonds is 5. The Morgan fingerprint density at radius 3 is 2.74 bits per heavy atom. The van der Waals surface area contributed by atoms with Crippen LogP contribution in [0.1, 0.15) is 46.1 Å². The number of carbonyl (C=O) groups is 1. The van der Waals surface area contributed by atoms with Gasteiger partial charge in [0.15, 0.2) is 11.5 Å². The van der Waals surface area contributed by atoms with Gasteiger partial charge in [-0.1, -0.05) is 12.1 Å². The predicted molar refractivity (Wildman–Crippen MR) is 131 cm³/mol. The number of aromatic nitrogens is 2. The number of amides is 1. The Balaban J connectivity index is 1.13. The molecular weight excluding hydrogens is 442 g/mol. The highest BCUT2D eigenvalue weighted by Crippen LogP contribution is 2.38. The first-order valence-corrected chi connectivity index (χ1v) is 12.0. The monoisotopic (exact) mass is 469 g/mol. The van der Waals surface area contributed by atoms with Gasteiger partial charge in [0, 0.05) is 24.5 Å². The molecule has 1 saturated heterocycles. The van der Waals surface area contributed by atoms with Gasteiger partial charge in [-0.15, -0.1) is 0 Å². The minimum atomic E-state index is 0.0322. The molecule has 1 atom stereocenters. The summed E-state index contributed by atoms with van der Waals surface area (Å²) >= 11 is 0. The van der Waals surface area contributed by atoms with Crippen molar-refractivity contribution in [2.45, 2.75) is 32.4 Å². The average molecular weight is 470 g/mol. The van der Waals surface area contributed by atoms with Gasteiger partial charge in [0.05, 0.1) is 11.7 Å². The smallest absolute Gasteiger partial charge is 0.254 e. The summed E-state index contributed by atoms with van der Waals surface area (Å²) in [6, 6.07) is 17.5. The van der Waals surface area contributed by atoms with Crippen molar-refractivity contribution in [2.75, 3.05) is 19.8 Å². The molecule has 7 heteroatoms. The Labute approximate surface area is 203 Å². The third kappa shape index (κ3) is 4.18. The molecule has 178 valence electrons. The van der Waals surface area contributed by atoms with E-state index < -0.39 is 0 Å². The highest BCUT2D eigenvalue weighted by Gasteiger charge is 2.31. The van der Waals surface area contributed by atoms with Gasteiger partial charge in [-0.3, -0.25) is 4.79 Å². The van der Waals surface area contributed by atoms with Gasteiger partial charge in [0.25, 0.3) is 5.91 Å². The summed E-state index contributed by atoms with van der Waals surface area (Å²) < 4.78 is 19.3. The number of hydrogen-bond acceptors (Lipinski definition) is 5. The van der Waals surface area contributed by atoms with E-state index in [0.717, 1.165) is 53.4 Å². The zero-order valence-electron chi connectivity index (χ0n) is 19.6. The maximum Gasteiger partial charge on any atom is 0.254 e. The first kappa shape index (κ1) is 21.5. The summed E-state index contributed by atoms with van der Waals surface area (Å²) in [4.78, 5) is 20.0. The van der Waals surface area contributed by atoms with Crippen LogP contribution in [0.2, 0.25) is 0 Å². The number of carbonyl (C=O) groups excluding carboxylic acids is 1. The molecule has 4 aromatic rings. The lowest BCUT2D eigenvalue weighted by atomic mass is 10.0. The molecule has 2 aliphatic heterocycles. The van der Waals surface area contributed by atoms with E-state index >= 15 is 0 Å². The Bertz CT molecular complexity index is 1380. The molecule has 6 rings (SSSR count). The van der Waals surface area contributed by atoms with Crippen LogP contribution in [-0.4, -0.2) is 40.0 Å². The molecule has 0 N–H and O–H groups in total. The lowest BCUT2D eigenvalue weighted by Crippen LogP contribution is -2.30. The van der Waals surface area contributed by atoms with Crippen LogP contribution in [-0.2, 0) is 6.61 Å². The largest absolute Gasteiger partial charge is 0.487 e. The Hall–Kier alpha value is -4.00. The zero-order valence-corrected chi connectivity index (χ0v) is 19.6. The fourth-order valence-electron chi connectivity index (χ4n) is 4.91. The molecular formula is C28H27N3O4. The van der Waals surface area contributed by atoms with Crippen LogP contribution in [0.25, 0.3) is 5.65 Å². The number of nitrogens with zero attached hydrogens (tertiary/aromatic N) is 3. The second-order valence-electron chi connectivity index (χ2n) is 9.03. The van der Waals surface area contributed by atoms with Crippen LogP contribution < -0.4 is 14.2 Å². The molecule has 1 amide bonds. The SMILES string of the molecule is Cc1cccn2cc(COc3ccc(C(=O)N4CCCC4c4ccc5c(c4)OCCO5)cc3)nc12. The van der Waals surface area contributed by atoms with Crippen molar-refractivity contribution in [1.82, 2.24) is 14.3 Å². The number of aryl methyl sites for hydroxylation is 1. The van der Waals surface area contributed by atoms with Gasteiger partial charge in [0.1, 0.15) is 31.2 Å². The highest BCUT2D eigenvalue weighted by atomic mass is 16.6. The summed E-state index contributed by atoms with van der Waals surface area (Å²) in [6.45, 7) is 4.27. The Kier molecular flexibility index (Phi) is 5.52. The molecule has 1 unspecified atom stereocenters. The molecule has 2 aromatic carbocycles. The fourth-order valence-corrected chi connectivity index (χ4v) is 4.91. The van der Waals surface area contributed by atoms with Crippen LogP contribution in [0, 0.1) is 6.92 Å². The Morgan fingerprint density at radius 1 is 1.09 bits per heavy atom. The van der Waals surface area contributed by atoms with E-state index in [4.69, 9.17) is 14.2 Å². The summed E-state index contributed by atoms with van der Waals surface area (Å²) in [5, 5.41) is 0. The number of ether oxygens (including phenoxy) is 3. The van der Waals surface area contributed by atoms with Crippen molar-refractivity contribution in [3.05, 3.63) is 89.4 Å². The van der Waals surface area contributed by atoms with Crippen molar-refractivity contribution >= 4 is 11.6 Å². The lowest BCUT2D eigenvalue weighted by Gasteiger charge is -2.27. The standard InChI is InChI=1S/C28H27N3O4/c1-19-4-2-12-30-17-22(29-27(19)30)18-35-23-9-6-20(7-10-23)28(32)31-13-3-5-24(31)21-8-11-25-26(16-21)34-15-14-33-25/h2,4,6-12,16-17,24H,3,5,13-15,18H2,1H3. The van der Waals surface area contributed by atoms with E-state index in [2.05, 4.69) is 4.98 Å². The van der Waals surface area contributed by atoms with Crippen LogP contribution in [0.5, 0.6) is 17.2 Å². The highest BCUT2D eigenvalue weighted by molar-refractivity contribution is 5.94. The van der Waals surface area contributed by atoms with Crippen LogP contribution in [0.3, 0.4) is 0 Å². The second-order valence-corrected chi connectivity index (χ2v) is 9.03. The fraction of sp³-hybridized carbons (Fsp3) is 0.286. The van der Waals surface area contributed by atoms with Crippen LogP contribution in [0.4, 0.5) is 0 Å². The molecule has 0 aliphatic carbocycles. The van der Waals surface area contributed by atoms with Gasteiger partial charge >= 0.3 is 0 Å². The number of pyridine rings is 1. The zero-order chi connectivity index (χ0) is 23.8. The third-order valence-electron chi connectivity index (χ3n) is 6.68. The predicted octanol–water partition coefficient (Wildman–Crippen LogP) is 4.97. The molecule has 0 radical (unpaired) electrons. The van der Waals surface area contributed by atoms with E-state index in [1.54, 1.807) is 0 Å². The summed E-state index contributed by atoms with van der Waals surface area (Å²) in [7, 11) is 0. The average Bonchev–Trinajstić information content (AvgIpc) is 3.55. The first-order valence-electron chi connectivity index (χ1n) is 12.0. The van der Waals surface area contributed by atoms with Gasteiger partial charge in [-0.05, 0) is 73.4 Å². The molecule has 2 aromatic heterocycles. The number of benzene rings is 2. The number of imidazole rings is 1. The first-order chi connectivity index (χ1) is 17.2. The maximum absolute atomic E-state index is 13.4. The van der Waals surface area contributed by atoms with E-state index in [1.165, 1.54) is 0 Å². The molecule has 35 heavy (non-hydrogen) atoms. The molecule has 4 heterocycles. The normalized spacial score (nSPS) is 17.1. The molecule has 7 nitrogen and oxygen atoms in total. The van der Waals surface area contributed by atoms with Gasteiger partial charge < -0.3 is 23.5 Å². The molecule has 2 aliphatic rings. The summed E-state index contributed by atoms with van der Waals surface area (Å²) in [5.41, 5.74) is 4.66. The van der Waals surface area contributed by atoms with Gasteiger partial charge in [-0.2, -0.15) is 0 Å². The van der Waals surface area contributed by atoms with E-state index in [-0.39, 0.29) is 11.9 Å². The summed E-state index contributed by atoms with van der Waals surface area (Å²) in [6.07, 6.45) is 5.87. The number of likely N-dealkylation sites (tertiary alicyclic amines) is 1. The van der Waals surface area contributed by atoms with Crippen LogP contribution >= 0.6 is 0 Å². The van der Waals surface area contributed by atoms with Crippen molar-refractivity contribution in [1.29, 1.82) is 0 Å². The van der Waals surface area contributed by atoms with Crippen molar-refractivity contribution < 1.29 is 19.0 Å². The number of hydrogen-bond donors (Lipinski definition) is 0. The maximum atomic E-state index is 13.4. The molecule has 1 fully saturated rings. The lowest BCUT2D eigenvalue weighted by molar-refractivity contribution is 0.0735. The molecule has 0 spiro atoms. The summed E-state index contributed by atoms with van der Waals surface area (Å²) in [5.74, 6) is 2.27. The van der Waals surface area contributed by atoms with E-state index in [9.17, 15) is 4.79 Å². The topological polar surface area (TPSA) is 65.3 Å². The minimum absolute atomic E-state index is 0.0322. The van der Waals surface area contributed by atoms with Crippen molar-refractivity contribution in [3.63, 3.8) is 0 Å². The van der Waals surface area contributed by atoms with Gasteiger partial charge in [-0.25, -0.2) is 4.98 Å². The van der Waals surface area contributed by atoms with Crippen molar-refractivity contribution in [3.8, 4) is 17.2 Å². The third-order valence-corrected chi connectivity index (χ3v) is 6.68. The minimum Gasteiger partial charge on any atom is -0.487 e. The Morgan fingerprint density at radius 2 is 1.91 bits per heavy atom. The molecule has 0 bridgehead atoms. The second kappa shape index (κ2) is 8.98. The van der Waals surface area contributed by atoms with Crippen molar-refractivity contribution in [2.24, 2.45) is 0 Å². The number of fused-ring (bicyclic) bond motifs is 2. The van der Waals surface area contributed by atoms with E-state index in [0.29, 0.717) is 31.1 Å². The molecule has 0 saturated carbocycles. The van der Waals surface area contributed by atoms with E-state index in [1.807, 2.05) is 83.2 Å². The van der Waals surface area contributed by atoms with Gasteiger partial charge in [0.2, 0.25) is 0 Å². The quantitative estimate of drug-likeness (QED) is 0.413. The van der Waals surface area contributed by atoms with Crippen LogP contribution in [0.15, 0.2) is 67.0 Å².